The van der Waals surface area contributed by atoms with Crippen LogP contribution in [0.15, 0.2) is 0 Å². The van der Waals surface area contributed by atoms with Gasteiger partial charge >= 0.3 is 0 Å². The van der Waals surface area contributed by atoms with Crippen LogP contribution >= 0.6 is 0 Å². The predicted molar refractivity (Wildman–Crippen MR) is 36.9 cm³/mol. The third kappa shape index (κ3) is 2.17. The molecule has 9 heavy (non-hydrogen) atoms. The summed E-state index contributed by atoms with van der Waals surface area (Å²) in [6.45, 7) is 0. The maximum Gasteiger partial charge on any atom is 0.123 e. The lowest BCUT2D eigenvalue weighted by molar-refractivity contribution is -0.105. The van der Waals surface area contributed by atoms with Gasteiger partial charge in [0.1, 0.15) is 6.29 Å². The average Bonchev–Trinajstić information content (AvgIpc) is 2.34. The zero-order chi connectivity index (χ0) is 6.53. The Morgan fingerprint density at radius 3 is 2.56 bits per heavy atom. The monoisotopic (exact) mass is 125 g/mol. The van der Waals surface area contributed by atoms with Gasteiger partial charge in [0.25, 0.3) is 0 Å². The van der Waals surface area contributed by atoms with Crippen LogP contribution in [0, 0.1) is 12.3 Å². The second-order valence-corrected chi connectivity index (χ2v) is 2.76. The van der Waals surface area contributed by atoms with Gasteiger partial charge in [-0.25, -0.2) is 0 Å². The summed E-state index contributed by atoms with van der Waals surface area (Å²) in [4.78, 5) is 9.91. The van der Waals surface area contributed by atoms with E-state index in [2.05, 4.69) is 0 Å². The van der Waals surface area contributed by atoms with Crippen LogP contribution < -0.4 is 0 Å². The fraction of sp³-hybridized carbons (Fsp3) is 0.750. The molecule has 1 nitrogen and oxygen atoms in total. The maximum atomic E-state index is 9.91. The Kier molecular flexibility index (Phi) is 2.75. The second kappa shape index (κ2) is 3.65. The molecule has 1 aliphatic carbocycles. The summed E-state index contributed by atoms with van der Waals surface area (Å²) in [6.07, 6.45) is 9.10. The van der Waals surface area contributed by atoms with E-state index < -0.39 is 0 Å². The Balaban J connectivity index is 2.04. The van der Waals surface area contributed by atoms with Gasteiger partial charge in [0.2, 0.25) is 0 Å². The second-order valence-electron chi connectivity index (χ2n) is 2.76. The predicted octanol–water partition coefficient (Wildman–Crippen LogP) is 1.97. The van der Waals surface area contributed by atoms with Gasteiger partial charge in [-0.15, -0.1) is 0 Å². The van der Waals surface area contributed by atoms with Gasteiger partial charge in [0.05, 0.1) is 0 Å². The highest BCUT2D eigenvalue weighted by Gasteiger charge is 2.13. The first-order valence-corrected chi connectivity index (χ1v) is 3.70. The van der Waals surface area contributed by atoms with Crippen molar-refractivity contribution in [3.05, 3.63) is 6.42 Å². The highest BCUT2D eigenvalue weighted by Crippen LogP contribution is 2.27. The molecule has 51 valence electrons. The third-order valence-electron chi connectivity index (χ3n) is 2.04. The molecule has 0 N–H and O–H groups in total. The van der Waals surface area contributed by atoms with E-state index in [9.17, 15) is 4.79 Å². The molecule has 0 amide bonds. The van der Waals surface area contributed by atoms with Crippen molar-refractivity contribution in [2.75, 3.05) is 0 Å². The number of aldehydes is 1. The van der Waals surface area contributed by atoms with Crippen molar-refractivity contribution in [3.8, 4) is 0 Å². The van der Waals surface area contributed by atoms with Gasteiger partial charge in [0, 0.05) is 6.42 Å². The van der Waals surface area contributed by atoms with Gasteiger partial charge in [-0.2, -0.15) is 0 Å². The van der Waals surface area contributed by atoms with E-state index >= 15 is 0 Å². The summed E-state index contributed by atoms with van der Waals surface area (Å²) >= 11 is 0. The fourth-order valence-corrected chi connectivity index (χ4v) is 1.49. The summed E-state index contributed by atoms with van der Waals surface area (Å²) in [6, 6.07) is 0. The Bertz CT molecular complexity index is 82.6. The van der Waals surface area contributed by atoms with Crippen molar-refractivity contribution >= 4 is 6.29 Å². The third-order valence-corrected chi connectivity index (χ3v) is 2.04. The first-order chi connectivity index (χ1) is 4.43. The summed E-state index contributed by atoms with van der Waals surface area (Å²) in [5.41, 5.74) is 0. The molecule has 0 aliphatic heterocycles. The highest BCUT2D eigenvalue weighted by molar-refractivity contribution is 5.60. The molecule has 0 saturated heterocycles. The van der Waals surface area contributed by atoms with Crippen LogP contribution in [0.2, 0.25) is 0 Å². The number of carbonyl (C=O) groups excluding carboxylic acids is 1. The zero-order valence-electron chi connectivity index (χ0n) is 5.68. The Morgan fingerprint density at radius 1 is 1.33 bits per heavy atom. The normalized spacial score (nSPS) is 20.4. The molecular weight excluding hydrogens is 112 g/mol. The van der Waals surface area contributed by atoms with Gasteiger partial charge in [-0.3, -0.25) is 0 Å². The van der Waals surface area contributed by atoms with Crippen LogP contribution in [0.4, 0.5) is 0 Å². The van der Waals surface area contributed by atoms with Crippen LogP contribution in [0.25, 0.3) is 0 Å². The first kappa shape index (κ1) is 6.79. The van der Waals surface area contributed by atoms with Crippen molar-refractivity contribution in [1.29, 1.82) is 0 Å². The standard InChI is InChI=1S/C8H13O/c9-7-3-6-8-4-1-2-5-8/h3,7-8H,1-2,4-6H2. The minimum absolute atomic E-state index is 0.829. The molecule has 1 fully saturated rings. The van der Waals surface area contributed by atoms with E-state index in [0.29, 0.717) is 0 Å². The molecule has 0 bridgehead atoms. The smallest absolute Gasteiger partial charge is 0.123 e. The minimum Gasteiger partial charge on any atom is -0.303 e. The maximum absolute atomic E-state index is 9.91. The van der Waals surface area contributed by atoms with Gasteiger partial charge in [0.15, 0.2) is 0 Å². The van der Waals surface area contributed by atoms with E-state index in [-0.39, 0.29) is 0 Å². The van der Waals surface area contributed by atoms with Gasteiger partial charge in [-0.1, -0.05) is 25.7 Å². The van der Waals surface area contributed by atoms with Crippen LogP contribution in [0.5, 0.6) is 0 Å². The number of carbonyl (C=O) groups is 1. The minimum atomic E-state index is 0.829. The zero-order valence-corrected chi connectivity index (χ0v) is 5.68. The molecule has 0 heterocycles. The molecule has 1 heteroatoms. The largest absolute Gasteiger partial charge is 0.303 e. The Labute approximate surface area is 56.4 Å². The molecule has 1 rings (SSSR count). The van der Waals surface area contributed by atoms with Gasteiger partial charge in [-0.05, 0) is 12.3 Å². The van der Waals surface area contributed by atoms with E-state index in [0.717, 1.165) is 18.6 Å². The summed E-state index contributed by atoms with van der Waals surface area (Å²) in [7, 11) is 0. The molecule has 0 aromatic rings. The molecule has 0 spiro atoms. The van der Waals surface area contributed by atoms with Crippen molar-refractivity contribution in [2.45, 2.75) is 32.1 Å². The van der Waals surface area contributed by atoms with E-state index in [1.807, 2.05) is 0 Å². The average molecular weight is 125 g/mol. The van der Waals surface area contributed by atoms with E-state index in [1.54, 1.807) is 6.42 Å². The lowest BCUT2D eigenvalue weighted by atomic mass is 10.0. The summed E-state index contributed by atoms with van der Waals surface area (Å²) in [5.74, 6) is 0.829. The van der Waals surface area contributed by atoms with Crippen molar-refractivity contribution in [3.63, 3.8) is 0 Å². The lowest BCUT2D eigenvalue weighted by Crippen LogP contribution is -1.92. The SMILES string of the molecule is O=C[CH]CC1CCCC1. The first-order valence-electron chi connectivity index (χ1n) is 3.70. The quantitative estimate of drug-likeness (QED) is 0.527. The molecule has 1 saturated carbocycles. The number of hydrogen-bond acceptors (Lipinski definition) is 1. The van der Waals surface area contributed by atoms with E-state index in [1.165, 1.54) is 25.7 Å². The van der Waals surface area contributed by atoms with E-state index in [4.69, 9.17) is 0 Å². The van der Waals surface area contributed by atoms with Crippen LogP contribution in [0.1, 0.15) is 32.1 Å². The van der Waals surface area contributed by atoms with Crippen LogP contribution in [-0.2, 0) is 4.79 Å². The molecule has 0 aromatic carbocycles. The lowest BCUT2D eigenvalue weighted by Gasteiger charge is -2.02. The van der Waals surface area contributed by atoms with Gasteiger partial charge < -0.3 is 4.79 Å². The summed E-state index contributed by atoms with van der Waals surface area (Å²) < 4.78 is 0. The molecule has 0 aromatic heterocycles. The molecule has 0 atom stereocenters. The molecule has 1 aliphatic rings. The number of hydrogen-bond donors (Lipinski definition) is 0. The topological polar surface area (TPSA) is 17.1 Å². The van der Waals surface area contributed by atoms with Crippen molar-refractivity contribution in [2.24, 2.45) is 5.92 Å². The Hall–Kier alpha value is -0.330. The summed E-state index contributed by atoms with van der Waals surface area (Å²) in [5, 5.41) is 0. The van der Waals surface area contributed by atoms with Crippen LogP contribution in [0.3, 0.4) is 0 Å². The van der Waals surface area contributed by atoms with Crippen LogP contribution in [-0.4, -0.2) is 6.29 Å². The molecular formula is C8H13O. The fourth-order valence-electron chi connectivity index (χ4n) is 1.49. The molecule has 0 unspecified atom stereocenters. The van der Waals surface area contributed by atoms with Crippen molar-refractivity contribution in [1.82, 2.24) is 0 Å². The van der Waals surface area contributed by atoms with Crippen molar-refractivity contribution < 1.29 is 4.79 Å². The number of rotatable bonds is 3. The molecule has 1 radical (unpaired) electrons. The highest BCUT2D eigenvalue weighted by atomic mass is 16.1. The Morgan fingerprint density at radius 2 is 2.00 bits per heavy atom.